The minimum absolute atomic E-state index is 0.0122. The summed E-state index contributed by atoms with van der Waals surface area (Å²) in [5, 5.41) is 4.16. The summed E-state index contributed by atoms with van der Waals surface area (Å²) in [6.07, 6.45) is 2.61. The number of carbonyl (C=O) groups excluding carboxylic acids is 1. The number of aryl methyl sites for hydroxylation is 1. The Morgan fingerprint density at radius 1 is 1.03 bits per heavy atom. The molecule has 30 heavy (non-hydrogen) atoms. The van der Waals surface area contributed by atoms with E-state index in [-0.39, 0.29) is 5.91 Å². The molecular weight excluding hydrogens is 398 g/mol. The first-order valence-electron chi connectivity index (χ1n) is 10.9. The van der Waals surface area contributed by atoms with Gasteiger partial charge in [-0.05, 0) is 39.5 Å². The number of rotatable bonds is 6. The number of nitrogens with zero attached hydrogens (tertiary/aromatic N) is 6. The third-order valence-corrected chi connectivity index (χ3v) is 7.45. The van der Waals surface area contributed by atoms with Crippen LogP contribution in [0.1, 0.15) is 21.7 Å². The summed E-state index contributed by atoms with van der Waals surface area (Å²) in [6.45, 7) is 12.2. The lowest BCUT2D eigenvalue weighted by Gasteiger charge is -2.33. The fourth-order valence-electron chi connectivity index (χ4n) is 4.18. The number of hydrogen-bond donors (Lipinski definition) is 1. The van der Waals surface area contributed by atoms with Crippen LogP contribution in [0.2, 0.25) is 0 Å². The zero-order chi connectivity index (χ0) is 21.1. The smallest absolute Gasteiger partial charge is 0.261 e. The van der Waals surface area contributed by atoms with Crippen LogP contribution in [0, 0.1) is 6.92 Å². The van der Waals surface area contributed by atoms with Crippen LogP contribution < -0.4 is 10.2 Å². The first kappa shape index (κ1) is 21.4. The molecule has 0 saturated carbocycles. The highest BCUT2D eigenvalue weighted by molar-refractivity contribution is 7.20. The van der Waals surface area contributed by atoms with Gasteiger partial charge < -0.3 is 24.9 Å². The van der Waals surface area contributed by atoms with Gasteiger partial charge >= 0.3 is 0 Å². The van der Waals surface area contributed by atoms with Crippen LogP contribution in [0.5, 0.6) is 0 Å². The maximum absolute atomic E-state index is 12.9. The normalized spacial score (nSPS) is 19.5. The molecule has 2 aliphatic rings. The molecule has 0 atom stereocenters. The van der Waals surface area contributed by atoms with E-state index in [4.69, 9.17) is 0 Å². The van der Waals surface area contributed by atoms with Gasteiger partial charge in [-0.2, -0.15) is 0 Å². The Morgan fingerprint density at radius 2 is 1.70 bits per heavy atom. The van der Waals surface area contributed by atoms with Crippen molar-refractivity contribution in [2.24, 2.45) is 0 Å². The molecular formula is C21H33N7OS. The fraction of sp³-hybridized carbons (Fsp3) is 0.667. The number of fused-ring (bicyclic) bond motifs is 1. The highest BCUT2D eigenvalue weighted by Crippen LogP contribution is 2.35. The Balaban J connectivity index is 1.38. The lowest BCUT2D eigenvalue weighted by molar-refractivity contribution is 0.0953. The van der Waals surface area contributed by atoms with Gasteiger partial charge in [0.2, 0.25) is 0 Å². The van der Waals surface area contributed by atoms with E-state index in [2.05, 4.69) is 49.0 Å². The number of aromatic nitrogens is 2. The van der Waals surface area contributed by atoms with E-state index in [9.17, 15) is 4.79 Å². The molecule has 0 spiro atoms. The van der Waals surface area contributed by atoms with Crippen LogP contribution in [0.25, 0.3) is 10.2 Å². The Kier molecular flexibility index (Phi) is 6.82. The molecule has 1 N–H and O–H groups in total. The molecule has 4 rings (SSSR count). The number of carbonyl (C=O) groups is 1. The summed E-state index contributed by atoms with van der Waals surface area (Å²) in [4.78, 5) is 33.1. The first-order valence-corrected chi connectivity index (χ1v) is 11.7. The van der Waals surface area contributed by atoms with Crippen molar-refractivity contribution in [3.63, 3.8) is 0 Å². The molecule has 2 aromatic heterocycles. The van der Waals surface area contributed by atoms with E-state index in [1.807, 2.05) is 6.92 Å². The molecule has 0 bridgehead atoms. The van der Waals surface area contributed by atoms with E-state index >= 15 is 0 Å². The van der Waals surface area contributed by atoms with Gasteiger partial charge in [0.25, 0.3) is 5.91 Å². The van der Waals surface area contributed by atoms with Gasteiger partial charge in [-0.3, -0.25) is 4.79 Å². The Bertz CT molecular complexity index is 870. The van der Waals surface area contributed by atoms with Gasteiger partial charge in [-0.15, -0.1) is 11.3 Å². The van der Waals surface area contributed by atoms with Crippen molar-refractivity contribution < 1.29 is 4.79 Å². The van der Waals surface area contributed by atoms with Crippen LogP contribution in [0.15, 0.2) is 6.33 Å². The summed E-state index contributed by atoms with van der Waals surface area (Å²) in [7, 11) is 4.32. The number of nitrogens with one attached hydrogen (secondary N) is 1. The number of anilines is 1. The van der Waals surface area contributed by atoms with Crippen molar-refractivity contribution in [2.45, 2.75) is 13.3 Å². The second kappa shape index (κ2) is 9.55. The van der Waals surface area contributed by atoms with Crippen molar-refractivity contribution in [3.8, 4) is 0 Å². The van der Waals surface area contributed by atoms with E-state index in [0.717, 1.165) is 91.8 Å². The van der Waals surface area contributed by atoms with Crippen LogP contribution in [-0.4, -0.2) is 110 Å². The largest absolute Gasteiger partial charge is 0.353 e. The second-order valence-corrected chi connectivity index (χ2v) is 9.48. The van der Waals surface area contributed by atoms with Crippen LogP contribution in [0.4, 0.5) is 5.82 Å². The van der Waals surface area contributed by atoms with E-state index in [0.29, 0.717) is 6.54 Å². The van der Waals surface area contributed by atoms with Crippen LogP contribution >= 0.6 is 11.3 Å². The monoisotopic (exact) mass is 431 g/mol. The van der Waals surface area contributed by atoms with Crippen LogP contribution in [0.3, 0.4) is 0 Å². The summed E-state index contributed by atoms with van der Waals surface area (Å²) >= 11 is 1.48. The first-order chi connectivity index (χ1) is 14.5. The minimum atomic E-state index is 0.0122. The highest BCUT2D eigenvalue weighted by atomic mass is 32.1. The van der Waals surface area contributed by atoms with Gasteiger partial charge in [0, 0.05) is 58.9 Å². The molecule has 2 fully saturated rings. The predicted octanol–water partition coefficient (Wildman–Crippen LogP) is 1.12. The highest BCUT2D eigenvalue weighted by Gasteiger charge is 2.23. The van der Waals surface area contributed by atoms with E-state index < -0.39 is 0 Å². The lowest BCUT2D eigenvalue weighted by Crippen LogP contribution is -2.45. The van der Waals surface area contributed by atoms with Crippen molar-refractivity contribution in [3.05, 3.63) is 16.8 Å². The van der Waals surface area contributed by atoms with Crippen molar-refractivity contribution in [2.75, 3.05) is 84.4 Å². The third-order valence-electron chi connectivity index (χ3n) is 6.25. The SMILES string of the molecule is Cc1c(C(=O)NCCCN2CCN(C)CC2)sc2ncnc(N3CCN(C)CC3)c12. The molecule has 0 aromatic carbocycles. The lowest BCUT2D eigenvalue weighted by atomic mass is 10.1. The molecule has 0 unspecified atom stereocenters. The minimum Gasteiger partial charge on any atom is -0.353 e. The predicted molar refractivity (Wildman–Crippen MR) is 123 cm³/mol. The molecule has 8 nitrogen and oxygen atoms in total. The Morgan fingerprint density at radius 3 is 2.40 bits per heavy atom. The van der Waals surface area contributed by atoms with Gasteiger partial charge in [-0.1, -0.05) is 0 Å². The average molecular weight is 432 g/mol. The maximum atomic E-state index is 12.9. The number of thiophene rings is 1. The number of piperazine rings is 2. The Labute approximate surface area is 182 Å². The molecule has 2 aromatic rings. The van der Waals surface area contributed by atoms with Crippen molar-refractivity contribution in [1.82, 2.24) is 30.0 Å². The summed E-state index contributed by atoms with van der Waals surface area (Å²) in [6, 6.07) is 0. The fourth-order valence-corrected chi connectivity index (χ4v) is 5.24. The van der Waals surface area contributed by atoms with E-state index in [1.54, 1.807) is 6.33 Å². The molecule has 164 valence electrons. The zero-order valence-electron chi connectivity index (χ0n) is 18.4. The van der Waals surface area contributed by atoms with Gasteiger partial charge in [0.05, 0.1) is 10.3 Å². The molecule has 4 heterocycles. The number of likely N-dealkylation sites (N-methyl/N-ethyl adjacent to an activating group) is 2. The standard InChI is InChI=1S/C21H33N7OS/c1-16-17-19(28-13-9-26(3)10-14-28)23-15-24-21(17)30-18(16)20(29)22-5-4-6-27-11-7-25(2)8-12-27/h15H,4-14H2,1-3H3,(H,22,29). The molecule has 2 saturated heterocycles. The molecule has 0 radical (unpaired) electrons. The number of amides is 1. The molecule has 2 aliphatic heterocycles. The van der Waals surface area contributed by atoms with E-state index in [1.165, 1.54) is 11.3 Å². The van der Waals surface area contributed by atoms with Gasteiger partial charge in [-0.25, -0.2) is 9.97 Å². The summed E-state index contributed by atoms with van der Waals surface area (Å²) in [5.41, 5.74) is 1.00. The molecule has 9 heteroatoms. The molecule has 1 amide bonds. The third kappa shape index (κ3) is 4.74. The quantitative estimate of drug-likeness (QED) is 0.688. The average Bonchev–Trinajstić information content (AvgIpc) is 3.10. The summed E-state index contributed by atoms with van der Waals surface area (Å²) in [5.74, 6) is 0.981. The number of hydrogen-bond acceptors (Lipinski definition) is 8. The van der Waals surface area contributed by atoms with Crippen molar-refractivity contribution in [1.29, 1.82) is 0 Å². The van der Waals surface area contributed by atoms with Crippen molar-refractivity contribution >= 4 is 33.3 Å². The second-order valence-electron chi connectivity index (χ2n) is 8.48. The Hall–Kier alpha value is -1.81. The summed E-state index contributed by atoms with van der Waals surface area (Å²) < 4.78 is 0. The topological polar surface area (TPSA) is 67.8 Å². The zero-order valence-corrected chi connectivity index (χ0v) is 19.2. The maximum Gasteiger partial charge on any atom is 0.261 e. The van der Waals surface area contributed by atoms with Gasteiger partial charge in [0.15, 0.2) is 0 Å². The molecule has 0 aliphatic carbocycles. The van der Waals surface area contributed by atoms with Gasteiger partial charge in [0.1, 0.15) is 17.0 Å². The van der Waals surface area contributed by atoms with Crippen LogP contribution in [-0.2, 0) is 0 Å².